The van der Waals surface area contributed by atoms with Crippen molar-refractivity contribution in [2.75, 3.05) is 18.5 Å². The molecule has 0 aliphatic heterocycles. The fourth-order valence-electron chi connectivity index (χ4n) is 1.80. The summed E-state index contributed by atoms with van der Waals surface area (Å²) in [6, 6.07) is 0. The van der Waals surface area contributed by atoms with E-state index in [1.54, 1.807) is 12.4 Å². The van der Waals surface area contributed by atoms with Gasteiger partial charge in [-0.05, 0) is 31.6 Å². The van der Waals surface area contributed by atoms with Gasteiger partial charge < -0.3 is 10.1 Å². The number of hydrogen-bond acceptors (Lipinski definition) is 5. The number of rotatable bonds is 6. The van der Waals surface area contributed by atoms with Crippen LogP contribution in [0.3, 0.4) is 0 Å². The van der Waals surface area contributed by atoms with E-state index in [0.29, 0.717) is 18.2 Å². The lowest BCUT2D eigenvalue weighted by Gasteiger charge is -2.11. The maximum atomic E-state index is 11.6. The Morgan fingerprint density at radius 2 is 2.47 bits per heavy atom. The molecular formula is C12H18N2O2S. The van der Waals surface area contributed by atoms with Crippen molar-refractivity contribution in [2.45, 2.75) is 26.7 Å². The average molecular weight is 254 g/mol. The molecule has 1 N–H and O–H groups in total. The topological polar surface area (TPSA) is 51.2 Å². The van der Waals surface area contributed by atoms with Gasteiger partial charge in [-0.15, -0.1) is 11.3 Å². The summed E-state index contributed by atoms with van der Waals surface area (Å²) < 4.78 is 4.96. The van der Waals surface area contributed by atoms with Crippen LogP contribution in [0.25, 0.3) is 0 Å². The summed E-state index contributed by atoms with van der Waals surface area (Å²) in [5.41, 5.74) is 2.09. The molecule has 0 amide bonds. The first-order valence-corrected chi connectivity index (χ1v) is 6.94. The highest BCUT2D eigenvalue weighted by Gasteiger charge is 2.28. The molecule has 1 atom stereocenters. The molecule has 0 radical (unpaired) electrons. The number of nitrogens with one attached hydrogen (secondary N) is 1. The predicted molar refractivity (Wildman–Crippen MR) is 68.4 cm³/mol. The van der Waals surface area contributed by atoms with Gasteiger partial charge in [0.05, 0.1) is 12.1 Å². The van der Waals surface area contributed by atoms with Gasteiger partial charge in [0.25, 0.3) is 0 Å². The minimum atomic E-state index is -0.338. The number of nitrogens with zero attached hydrogens (tertiary/aromatic N) is 1. The molecule has 1 unspecified atom stereocenters. The van der Waals surface area contributed by atoms with Gasteiger partial charge in [0.15, 0.2) is 5.69 Å². The van der Waals surface area contributed by atoms with Gasteiger partial charge in [0.1, 0.15) is 5.00 Å². The molecule has 0 saturated heterocycles. The third-order valence-electron chi connectivity index (χ3n) is 3.05. The zero-order valence-corrected chi connectivity index (χ0v) is 11.0. The number of hydrogen-bond donors (Lipinski definition) is 1. The van der Waals surface area contributed by atoms with E-state index in [4.69, 9.17) is 4.74 Å². The van der Waals surface area contributed by atoms with Crippen LogP contribution in [0.1, 0.15) is 37.2 Å². The number of carbonyl (C=O) groups is 1. The van der Waals surface area contributed by atoms with Gasteiger partial charge in [-0.3, -0.25) is 0 Å². The van der Waals surface area contributed by atoms with Crippen LogP contribution in [0.2, 0.25) is 0 Å². The van der Waals surface area contributed by atoms with Crippen molar-refractivity contribution in [3.8, 4) is 0 Å². The van der Waals surface area contributed by atoms with E-state index >= 15 is 0 Å². The van der Waals surface area contributed by atoms with E-state index in [0.717, 1.165) is 17.5 Å². The molecule has 1 aromatic rings. The lowest BCUT2D eigenvalue weighted by atomic mass is 10.1. The second-order valence-corrected chi connectivity index (χ2v) is 5.30. The summed E-state index contributed by atoms with van der Waals surface area (Å²) in [6.45, 7) is 5.33. The smallest absolute Gasteiger partial charge is 0.360 e. The second kappa shape index (κ2) is 5.49. The first-order chi connectivity index (χ1) is 8.22. The molecule has 17 heavy (non-hydrogen) atoms. The van der Waals surface area contributed by atoms with E-state index in [9.17, 15) is 4.79 Å². The van der Waals surface area contributed by atoms with E-state index < -0.39 is 0 Å². The Kier molecular flexibility index (Phi) is 3.99. The number of thiazole rings is 1. The Balaban J connectivity index is 1.91. The Labute approximate surface area is 105 Å². The quantitative estimate of drug-likeness (QED) is 0.793. The van der Waals surface area contributed by atoms with Crippen LogP contribution < -0.4 is 5.32 Å². The lowest BCUT2D eigenvalue weighted by molar-refractivity contribution is 0.0521. The molecule has 0 aromatic carbocycles. The van der Waals surface area contributed by atoms with E-state index in [-0.39, 0.29) is 5.97 Å². The predicted octanol–water partition coefficient (Wildman–Crippen LogP) is 2.78. The van der Waals surface area contributed by atoms with Gasteiger partial charge in [0.2, 0.25) is 0 Å². The van der Waals surface area contributed by atoms with Crippen molar-refractivity contribution in [3.05, 3.63) is 11.2 Å². The largest absolute Gasteiger partial charge is 0.461 e. The van der Waals surface area contributed by atoms with E-state index in [2.05, 4.69) is 17.2 Å². The van der Waals surface area contributed by atoms with Crippen LogP contribution in [0.4, 0.5) is 5.00 Å². The van der Waals surface area contributed by atoms with Crippen molar-refractivity contribution in [1.82, 2.24) is 4.98 Å². The summed E-state index contributed by atoms with van der Waals surface area (Å²) in [4.78, 5) is 15.7. The number of ether oxygens (including phenoxy) is 1. The van der Waals surface area contributed by atoms with Crippen LogP contribution in [0.5, 0.6) is 0 Å². The molecular weight excluding hydrogens is 236 g/mol. The highest BCUT2D eigenvalue weighted by molar-refractivity contribution is 7.14. The Hall–Kier alpha value is -1.10. The molecule has 1 heterocycles. The molecule has 1 fully saturated rings. The molecule has 2 rings (SSSR count). The van der Waals surface area contributed by atoms with Crippen LogP contribution in [0.15, 0.2) is 5.51 Å². The number of carbonyl (C=O) groups excluding carboxylic acids is 1. The second-order valence-electron chi connectivity index (χ2n) is 4.45. The molecule has 5 heteroatoms. The first-order valence-electron chi connectivity index (χ1n) is 6.06. The monoisotopic (exact) mass is 254 g/mol. The van der Waals surface area contributed by atoms with Crippen molar-refractivity contribution < 1.29 is 9.53 Å². The van der Waals surface area contributed by atoms with Crippen LogP contribution in [-0.4, -0.2) is 24.1 Å². The lowest BCUT2D eigenvalue weighted by Crippen LogP contribution is -2.15. The highest BCUT2D eigenvalue weighted by Crippen LogP contribution is 2.36. The maximum Gasteiger partial charge on any atom is 0.360 e. The summed E-state index contributed by atoms with van der Waals surface area (Å²) in [6.07, 6.45) is 2.69. The zero-order valence-electron chi connectivity index (χ0n) is 10.2. The molecule has 0 bridgehead atoms. The molecule has 0 spiro atoms. The van der Waals surface area contributed by atoms with Crippen LogP contribution in [-0.2, 0) is 4.74 Å². The normalized spacial score (nSPS) is 16.6. The molecule has 1 aromatic heterocycles. The average Bonchev–Trinajstić information content (AvgIpc) is 3.05. The molecule has 1 aliphatic rings. The maximum absolute atomic E-state index is 11.6. The third kappa shape index (κ3) is 3.19. The van der Waals surface area contributed by atoms with Crippen LogP contribution in [0, 0.1) is 11.8 Å². The summed E-state index contributed by atoms with van der Waals surface area (Å²) >= 11 is 1.45. The Bertz CT molecular complexity index is 388. The van der Waals surface area contributed by atoms with E-state index in [1.165, 1.54) is 24.2 Å². The fourth-order valence-corrected chi connectivity index (χ4v) is 2.48. The summed E-state index contributed by atoms with van der Waals surface area (Å²) in [7, 11) is 0. The standard InChI is InChI=1S/C12H18N2O2S/c1-3-16-12(15)10-11(17-7-14-10)13-6-8(2)9-4-5-9/h7-9,13H,3-6H2,1-2H3. The number of aromatic nitrogens is 1. The van der Waals surface area contributed by atoms with Crippen LogP contribution >= 0.6 is 11.3 Å². The number of anilines is 1. The van der Waals surface area contributed by atoms with Crippen molar-refractivity contribution in [2.24, 2.45) is 11.8 Å². The van der Waals surface area contributed by atoms with Crippen molar-refractivity contribution in [1.29, 1.82) is 0 Å². The highest BCUT2D eigenvalue weighted by atomic mass is 32.1. The minimum absolute atomic E-state index is 0.338. The van der Waals surface area contributed by atoms with Gasteiger partial charge in [0, 0.05) is 6.54 Å². The van der Waals surface area contributed by atoms with Gasteiger partial charge in [-0.1, -0.05) is 6.92 Å². The molecule has 94 valence electrons. The summed E-state index contributed by atoms with van der Waals surface area (Å²) in [5, 5.41) is 4.14. The molecule has 1 saturated carbocycles. The first kappa shape index (κ1) is 12.4. The van der Waals surface area contributed by atoms with Crippen molar-refractivity contribution >= 4 is 22.3 Å². The van der Waals surface area contributed by atoms with Gasteiger partial charge in [-0.2, -0.15) is 0 Å². The Morgan fingerprint density at radius 3 is 3.12 bits per heavy atom. The molecule has 4 nitrogen and oxygen atoms in total. The number of esters is 1. The summed E-state index contributed by atoms with van der Waals surface area (Å²) in [5.74, 6) is 1.18. The Morgan fingerprint density at radius 1 is 1.71 bits per heavy atom. The van der Waals surface area contributed by atoms with Gasteiger partial charge >= 0.3 is 5.97 Å². The third-order valence-corrected chi connectivity index (χ3v) is 3.83. The fraction of sp³-hybridized carbons (Fsp3) is 0.667. The minimum Gasteiger partial charge on any atom is -0.461 e. The van der Waals surface area contributed by atoms with Crippen molar-refractivity contribution in [3.63, 3.8) is 0 Å². The molecule has 1 aliphatic carbocycles. The zero-order chi connectivity index (χ0) is 12.3. The van der Waals surface area contributed by atoms with E-state index in [1.807, 2.05) is 0 Å². The SMILES string of the molecule is CCOC(=O)c1ncsc1NCC(C)C1CC1. The van der Waals surface area contributed by atoms with Gasteiger partial charge in [-0.25, -0.2) is 9.78 Å².